The minimum absolute atomic E-state index is 0.113. The average Bonchev–Trinajstić information content (AvgIpc) is 3.14. The third kappa shape index (κ3) is 26.4. The molecule has 1 rings (SSSR count). The molecule has 0 aromatic heterocycles. The summed E-state index contributed by atoms with van der Waals surface area (Å²) in [5, 5.41) is 40.0. The molecule has 52 heavy (non-hydrogen) atoms. The third-order valence-electron chi connectivity index (χ3n) is 9.87. The number of allylic oxidation sites excluding steroid dienone is 4. The number of unbranched alkanes of at least 4 members (excludes halogenated alkanes) is 21. The molecule has 0 saturated carbocycles. The first-order valence-corrected chi connectivity index (χ1v) is 21.4. The Balaban J connectivity index is 2.28. The van der Waals surface area contributed by atoms with E-state index in [1.807, 2.05) is 0 Å². The number of carbonyl (C=O) groups excluding carboxylic acids is 1. The lowest BCUT2D eigenvalue weighted by atomic mass is 9.99. The highest BCUT2D eigenvalue weighted by molar-refractivity contribution is 5.69. The normalized spacial score (nSPS) is 21.4. The van der Waals surface area contributed by atoms with E-state index in [1.165, 1.54) is 116 Å². The first kappa shape index (κ1) is 48.7. The molecule has 1 saturated heterocycles. The van der Waals surface area contributed by atoms with E-state index < -0.39 is 43.4 Å². The molecule has 0 amide bonds. The molecule has 9 heteroatoms. The predicted octanol–water partition coefficient (Wildman–Crippen LogP) is 9.03. The standard InChI is InChI=1S/C43H80O9/c1-3-5-7-9-11-13-15-17-18-19-20-21-22-24-26-28-30-32-39(45)51-37(36-50-43-42(48)41(47)40(46)38(34-44)52-43)35-49-33-31-29-27-25-23-16-14-12-10-8-6-4-2/h11,13,17-18,37-38,40-44,46-48H,3-10,12,14-16,19-36H2,1-2H3/b13-11-,18-17-. The zero-order chi connectivity index (χ0) is 37.9. The van der Waals surface area contributed by atoms with Crippen LogP contribution < -0.4 is 0 Å². The smallest absolute Gasteiger partial charge is 0.306 e. The van der Waals surface area contributed by atoms with E-state index in [0.29, 0.717) is 13.0 Å². The van der Waals surface area contributed by atoms with Crippen LogP contribution in [0.15, 0.2) is 24.3 Å². The summed E-state index contributed by atoms with van der Waals surface area (Å²) in [5.74, 6) is -0.320. The molecular formula is C43H80O9. The Hall–Kier alpha value is -1.33. The van der Waals surface area contributed by atoms with Gasteiger partial charge in [-0.25, -0.2) is 0 Å². The Morgan fingerprint density at radius 3 is 1.69 bits per heavy atom. The van der Waals surface area contributed by atoms with Crippen molar-refractivity contribution in [2.24, 2.45) is 0 Å². The highest BCUT2D eigenvalue weighted by Crippen LogP contribution is 2.22. The molecular weight excluding hydrogens is 660 g/mol. The van der Waals surface area contributed by atoms with Crippen molar-refractivity contribution in [2.75, 3.05) is 26.4 Å². The maximum absolute atomic E-state index is 12.7. The van der Waals surface area contributed by atoms with Crippen LogP contribution in [0.25, 0.3) is 0 Å². The molecule has 6 unspecified atom stereocenters. The first-order chi connectivity index (χ1) is 25.4. The largest absolute Gasteiger partial charge is 0.457 e. The Morgan fingerprint density at radius 1 is 0.615 bits per heavy atom. The van der Waals surface area contributed by atoms with Gasteiger partial charge in [-0.3, -0.25) is 4.79 Å². The summed E-state index contributed by atoms with van der Waals surface area (Å²) >= 11 is 0. The van der Waals surface area contributed by atoms with Gasteiger partial charge in [-0.15, -0.1) is 0 Å². The van der Waals surface area contributed by atoms with Crippen molar-refractivity contribution in [2.45, 2.75) is 218 Å². The van der Waals surface area contributed by atoms with Gasteiger partial charge in [-0.1, -0.05) is 154 Å². The van der Waals surface area contributed by atoms with Crippen LogP contribution in [0.4, 0.5) is 0 Å². The fraction of sp³-hybridized carbons (Fsp3) is 0.884. The van der Waals surface area contributed by atoms with Gasteiger partial charge in [0, 0.05) is 13.0 Å². The Labute approximate surface area is 317 Å². The lowest BCUT2D eigenvalue weighted by Crippen LogP contribution is -2.59. The molecule has 4 N–H and O–H groups in total. The Bertz CT molecular complexity index is 848. The first-order valence-electron chi connectivity index (χ1n) is 21.4. The van der Waals surface area contributed by atoms with Gasteiger partial charge in [-0.05, 0) is 44.9 Å². The van der Waals surface area contributed by atoms with E-state index in [2.05, 4.69) is 38.2 Å². The monoisotopic (exact) mass is 741 g/mol. The van der Waals surface area contributed by atoms with E-state index in [0.717, 1.165) is 44.9 Å². The zero-order valence-electron chi connectivity index (χ0n) is 33.3. The molecule has 0 aromatic carbocycles. The van der Waals surface area contributed by atoms with Crippen LogP contribution in [0.1, 0.15) is 181 Å². The second-order valence-electron chi connectivity index (χ2n) is 14.8. The van der Waals surface area contributed by atoms with Crippen LogP contribution in [0.5, 0.6) is 0 Å². The van der Waals surface area contributed by atoms with Gasteiger partial charge in [0.1, 0.15) is 30.5 Å². The van der Waals surface area contributed by atoms with Gasteiger partial charge in [0.25, 0.3) is 0 Å². The molecule has 1 aliphatic heterocycles. The van der Waals surface area contributed by atoms with Crippen molar-refractivity contribution in [1.29, 1.82) is 0 Å². The summed E-state index contributed by atoms with van der Waals surface area (Å²) in [6, 6.07) is 0. The average molecular weight is 741 g/mol. The quantitative estimate of drug-likeness (QED) is 0.0282. The maximum Gasteiger partial charge on any atom is 0.306 e. The Kier molecular flexibility index (Phi) is 33.1. The van der Waals surface area contributed by atoms with Crippen molar-refractivity contribution in [3.05, 3.63) is 24.3 Å². The summed E-state index contributed by atoms with van der Waals surface area (Å²) in [6.07, 6.45) is 31.9. The summed E-state index contributed by atoms with van der Waals surface area (Å²) in [5.41, 5.74) is 0. The summed E-state index contributed by atoms with van der Waals surface area (Å²) in [4.78, 5) is 12.7. The highest BCUT2D eigenvalue weighted by atomic mass is 16.7. The number of esters is 1. The molecule has 9 nitrogen and oxygen atoms in total. The van der Waals surface area contributed by atoms with Crippen LogP contribution >= 0.6 is 0 Å². The van der Waals surface area contributed by atoms with Gasteiger partial charge in [0.05, 0.1) is 19.8 Å². The van der Waals surface area contributed by atoms with Crippen molar-refractivity contribution >= 4 is 5.97 Å². The molecule has 0 aromatic rings. The molecule has 0 aliphatic carbocycles. The van der Waals surface area contributed by atoms with Crippen LogP contribution in [-0.4, -0.2) is 89.6 Å². The fourth-order valence-electron chi connectivity index (χ4n) is 6.46. The van der Waals surface area contributed by atoms with Gasteiger partial charge in [0.2, 0.25) is 0 Å². The van der Waals surface area contributed by atoms with Crippen LogP contribution in [0, 0.1) is 0 Å². The molecule has 1 aliphatic rings. The zero-order valence-corrected chi connectivity index (χ0v) is 33.3. The lowest BCUT2D eigenvalue weighted by Gasteiger charge is -2.39. The van der Waals surface area contributed by atoms with E-state index in [1.54, 1.807) is 0 Å². The van der Waals surface area contributed by atoms with Crippen molar-refractivity contribution < 1.29 is 44.2 Å². The molecule has 0 bridgehead atoms. The molecule has 1 heterocycles. The number of hydrogen-bond donors (Lipinski definition) is 4. The lowest BCUT2D eigenvalue weighted by molar-refractivity contribution is -0.305. The SMILES string of the molecule is CCCCC/C=C\C/C=C\CCCCCCCCCC(=O)OC(COCCCCCCCCCCCCCC)COC1OC(CO)C(O)C(O)C1O. The number of ether oxygens (including phenoxy) is 4. The van der Waals surface area contributed by atoms with Crippen LogP contribution in [0.2, 0.25) is 0 Å². The minimum Gasteiger partial charge on any atom is -0.457 e. The Morgan fingerprint density at radius 2 is 1.12 bits per heavy atom. The van der Waals surface area contributed by atoms with E-state index in [-0.39, 0.29) is 19.2 Å². The topological polar surface area (TPSA) is 135 Å². The molecule has 0 spiro atoms. The van der Waals surface area contributed by atoms with Crippen molar-refractivity contribution in [1.82, 2.24) is 0 Å². The second kappa shape index (κ2) is 35.4. The maximum atomic E-state index is 12.7. The number of carbonyl (C=O) groups is 1. The van der Waals surface area contributed by atoms with Gasteiger partial charge < -0.3 is 39.4 Å². The summed E-state index contributed by atoms with van der Waals surface area (Å²) in [7, 11) is 0. The highest BCUT2D eigenvalue weighted by Gasteiger charge is 2.44. The van der Waals surface area contributed by atoms with E-state index in [4.69, 9.17) is 18.9 Å². The molecule has 306 valence electrons. The van der Waals surface area contributed by atoms with E-state index in [9.17, 15) is 25.2 Å². The predicted molar refractivity (Wildman–Crippen MR) is 210 cm³/mol. The molecule has 6 atom stereocenters. The van der Waals surface area contributed by atoms with E-state index >= 15 is 0 Å². The second-order valence-corrected chi connectivity index (χ2v) is 14.8. The number of hydrogen-bond acceptors (Lipinski definition) is 9. The van der Waals surface area contributed by atoms with Crippen LogP contribution in [0.3, 0.4) is 0 Å². The van der Waals surface area contributed by atoms with Gasteiger partial charge >= 0.3 is 5.97 Å². The van der Waals surface area contributed by atoms with Crippen LogP contribution in [-0.2, 0) is 23.7 Å². The minimum atomic E-state index is -1.53. The van der Waals surface area contributed by atoms with Gasteiger partial charge in [0.15, 0.2) is 6.29 Å². The van der Waals surface area contributed by atoms with Crippen molar-refractivity contribution in [3.8, 4) is 0 Å². The summed E-state index contributed by atoms with van der Waals surface area (Å²) < 4.78 is 22.8. The summed E-state index contributed by atoms with van der Waals surface area (Å²) in [6.45, 7) is 4.53. The number of aliphatic hydroxyl groups excluding tert-OH is 4. The van der Waals surface area contributed by atoms with Gasteiger partial charge in [-0.2, -0.15) is 0 Å². The third-order valence-corrected chi connectivity index (χ3v) is 9.87. The number of aliphatic hydroxyl groups is 4. The fourth-order valence-corrected chi connectivity index (χ4v) is 6.46. The van der Waals surface area contributed by atoms with Crippen molar-refractivity contribution in [3.63, 3.8) is 0 Å². The molecule has 0 radical (unpaired) electrons. The molecule has 1 fully saturated rings. The number of rotatable bonds is 36.